The second-order valence-electron chi connectivity index (χ2n) is 17.8. The molecule has 0 aromatic rings. The molecule has 0 fully saturated rings. The van der Waals surface area contributed by atoms with Crippen LogP contribution in [0, 0.1) is 0 Å². The van der Waals surface area contributed by atoms with E-state index in [9.17, 15) is 14.4 Å². The highest BCUT2D eigenvalue weighted by Crippen LogP contribution is 2.16. The Labute approximate surface area is 378 Å². The highest BCUT2D eigenvalue weighted by molar-refractivity contribution is 5.71. The van der Waals surface area contributed by atoms with E-state index in [0.717, 1.165) is 70.6 Å². The van der Waals surface area contributed by atoms with Crippen LogP contribution in [0.3, 0.4) is 0 Å². The van der Waals surface area contributed by atoms with E-state index < -0.39 is 6.10 Å². The lowest BCUT2D eigenvalue weighted by atomic mass is 10.0. The van der Waals surface area contributed by atoms with Gasteiger partial charge >= 0.3 is 17.9 Å². The molecule has 0 saturated carbocycles. The molecule has 6 heteroatoms. The third-order valence-corrected chi connectivity index (χ3v) is 11.6. The number of esters is 3. The zero-order chi connectivity index (χ0) is 44.4. The van der Waals surface area contributed by atoms with Gasteiger partial charge in [-0.1, -0.05) is 237 Å². The van der Waals surface area contributed by atoms with Crippen LogP contribution in [0.2, 0.25) is 0 Å². The Balaban J connectivity index is 3.82. The van der Waals surface area contributed by atoms with E-state index in [1.54, 1.807) is 0 Å². The average Bonchev–Trinajstić information content (AvgIpc) is 3.26. The summed E-state index contributed by atoms with van der Waals surface area (Å²) in [5.74, 6) is -0.883. The van der Waals surface area contributed by atoms with E-state index in [4.69, 9.17) is 14.2 Å². The van der Waals surface area contributed by atoms with Gasteiger partial charge in [0.15, 0.2) is 6.10 Å². The first-order chi connectivity index (χ1) is 30.0. The van der Waals surface area contributed by atoms with Crippen LogP contribution in [-0.2, 0) is 28.6 Å². The largest absolute Gasteiger partial charge is 0.462 e. The molecule has 0 aliphatic carbocycles. The van der Waals surface area contributed by atoms with Crippen molar-refractivity contribution in [1.29, 1.82) is 0 Å². The van der Waals surface area contributed by atoms with Crippen molar-refractivity contribution in [3.63, 3.8) is 0 Å². The van der Waals surface area contributed by atoms with Crippen molar-refractivity contribution in [3.8, 4) is 0 Å². The SMILES string of the molecule is CCCCCCC/C=C\C/C=C\C/C=C\CCCCCCCCCCCCCCCCCCC(=O)OCC(COC(=O)CCCCCCCC)OC(=O)CCCCCCCC. The topological polar surface area (TPSA) is 78.9 Å². The van der Waals surface area contributed by atoms with Crippen LogP contribution in [-0.4, -0.2) is 37.2 Å². The Bertz CT molecular complexity index is 1030. The first-order valence-electron chi connectivity index (χ1n) is 26.5. The molecule has 0 aliphatic rings. The Morgan fingerprint density at radius 3 is 0.918 bits per heavy atom. The molecular weight excluding hydrogens is 757 g/mol. The maximum atomic E-state index is 12.5. The van der Waals surface area contributed by atoms with Crippen LogP contribution in [0.25, 0.3) is 0 Å². The minimum Gasteiger partial charge on any atom is -0.462 e. The van der Waals surface area contributed by atoms with Crippen molar-refractivity contribution in [2.45, 2.75) is 284 Å². The van der Waals surface area contributed by atoms with Gasteiger partial charge in [0.1, 0.15) is 13.2 Å². The van der Waals surface area contributed by atoms with Gasteiger partial charge < -0.3 is 14.2 Å². The fourth-order valence-corrected chi connectivity index (χ4v) is 7.63. The molecule has 0 amide bonds. The number of unbranched alkanes of at least 4 members (excludes halogenated alkanes) is 31. The zero-order valence-corrected chi connectivity index (χ0v) is 40.7. The summed E-state index contributed by atoms with van der Waals surface area (Å²) in [6, 6.07) is 0. The summed E-state index contributed by atoms with van der Waals surface area (Å²) in [7, 11) is 0. The molecule has 0 aromatic heterocycles. The van der Waals surface area contributed by atoms with Crippen LogP contribution < -0.4 is 0 Å². The van der Waals surface area contributed by atoms with E-state index in [1.165, 1.54) is 167 Å². The fraction of sp³-hybridized carbons (Fsp3) is 0.836. The van der Waals surface area contributed by atoms with Crippen molar-refractivity contribution >= 4 is 17.9 Å². The van der Waals surface area contributed by atoms with Gasteiger partial charge in [-0.05, 0) is 57.8 Å². The van der Waals surface area contributed by atoms with Gasteiger partial charge in [0.2, 0.25) is 0 Å². The molecule has 6 nitrogen and oxygen atoms in total. The van der Waals surface area contributed by atoms with Crippen molar-refractivity contribution < 1.29 is 28.6 Å². The van der Waals surface area contributed by atoms with Crippen LogP contribution >= 0.6 is 0 Å². The monoisotopic (exact) mass is 857 g/mol. The Hall–Kier alpha value is -2.37. The summed E-state index contributed by atoms with van der Waals surface area (Å²) in [4.78, 5) is 37.4. The molecule has 0 heterocycles. The molecule has 0 bridgehead atoms. The minimum absolute atomic E-state index is 0.0693. The second kappa shape index (κ2) is 50.3. The fourth-order valence-electron chi connectivity index (χ4n) is 7.63. The lowest BCUT2D eigenvalue weighted by molar-refractivity contribution is -0.167. The van der Waals surface area contributed by atoms with E-state index in [2.05, 4.69) is 57.2 Å². The number of carbonyl (C=O) groups is 3. The van der Waals surface area contributed by atoms with Gasteiger partial charge in [0, 0.05) is 19.3 Å². The predicted octanol–water partition coefficient (Wildman–Crippen LogP) is 17.3. The molecule has 0 spiro atoms. The maximum Gasteiger partial charge on any atom is 0.306 e. The first kappa shape index (κ1) is 58.6. The smallest absolute Gasteiger partial charge is 0.306 e. The second-order valence-corrected chi connectivity index (χ2v) is 17.8. The normalized spacial score (nSPS) is 12.2. The van der Waals surface area contributed by atoms with Crippen molar-refractivity contribution in [1.82, 2.24) is 0 Å². The highest BCUT2D eigenvalue weighted by atomic mass is 16.6. The number of hydrogen-bond donors (Lipinski definition) is 0. The van der Waals surface area contributed by atoms with Gasteiger partial charge in [-0.15, -0.1) is 0 Å². The molecule has 356 valence electrons. The van der Waals surface area contributed by atoms with Crippen molar-refractivity contribution in [2.24, 2.45) is 0 Å². The van der Waals surface area contributed by atoms with Gasteiger partial charge in [0.25, 0.3) is 0 Å². The number of hydrogen-bond acceptors (Lipinski definition) is 6. The third-order valence-electron chi connectivity index (χ3n) is 11.6. The molecule has 1 unspecified atom stereocenters. The van der Waals surface area contributed by atoms with Gasteiger partial charge in [0.05, 0.1) is 0 Å². The number of carbonyl (C=O) groups excluding carboxylic acids is 3. The van der Waals surface area contributed by atoms with Gasteiger partial charge in [-0.2, -0.15) is 0 Å². The molecular formula is C55H100O6. The molecule has 0 aliphatic heterocycles. The molecule has 0 aromatic carbocycles. The summed E-state index contributed by atoms with van der Waals surface area (Å²) < 4.78 is 16.6. The highest BCUT2D eigenvalue weighted by Gasteiger charge is 2.19. The maximum absolute atomic E-state index is 12.5. The Kier molecular flexibility index (Phi) is 48.3. The Morgan fingerprint density at radius 1 is 0.328 bits per heavy atom. The Morgan fingerprint density at radius 2 is 0.590 bits per heavy atom. The molecule has 0 N–H and O–H groups in total. The van der Waals surface area contributed by atoms with Crippen LogP contribution in [0.15, 0.2) is 36.5 Å². The summed E-state index contributed by atoms with van der Waals surface area (Å²) in [5, 5.41) is 0. The molecule has 61 heavy (non-hydrogen) atoms. The summed E-state index contributed by atoms with van der Waals surface area (Å²) in [5.41, 5.74) is 0. The number of allylic oxidation sites excluding steroid dienone is 6. The van der Waals surface area contributed by atoms with E-state index in [1.807, 2.05) is 0 Å². The van der Waals surface area contributed by atoms with Crippen LogP contribution in [0.5, 0.6) is 0 Å². The van der Waals surface area contributed by atoms with Crippen molar-refractivity contribution in [2.75, 3.05) is 13.2 Å². The lowest BCUT2D eigenvalue weighted by Gasteiger charge is -2.18. The van der Waals surface area contributed by atoms with Gasteiger partial charge in [-0.3, -0.25) is 14.4 Å². The molecule has 0 rings (SSSR count). The molecule has 0 saturated heterocycles. The average molecular weight is 857 g/mol. The minimum atomic E-state index is -0.761. The molecule has 1 atom stereocenters. The van der Waals surface area contributed by atoms with Crippen LogP contribution in [0.1, 0.15) is 278 Å². The quantitative estimate of drug-likeness (QED) is 0.0262. The third kappa shape index (κ3) is 48.5. The summed E-state index contributed by atoms with van der Waals surface area (Å²) in [6.45, 7) is 6.51. The van der Waals surface area contributed by atoms with Gasteiger partial charge in [-0.25, -0.2) is 0 Å². The van der Waals surface area contributed by atoms with Crippen LogP contribution in [0.4, 0.5) is 0 Å². The first-order valence-corrected chi connectivity index (χ1v) is 26.5. The zero-order valence-electron chi connectivity index (χ0n) is 40.7. The number of rotatable bonds is 48. The predicted molar refractivity (Wildman–Crippen MR) is 261 cm³/mol. The number of ether oxygens (including phenoxy) is 3. The summed E-state index contributed by atoms with van der Waals surface area (Å²) >= 11 is 0. The van der Waals surface area contributed by atoms with E-state index >= 15 is 0 Å². The standard InChI is InChI=1S/C55H100O6/c1-4-7-10-13-16-17-18-19-20-21-22-23-24-25-26-27-28-29-30-31-32-33-34-35-36-37-38-39-40-43-45-48-54(57)60-51-52(61-55(58)49-46-42-15-12-9-6-3)50-59-53(56)47-44-41-14-11-8-5-2/h18-19,21-22,24-25,52H,4-17,20,23,26-51H2,1-3H3/b19-18-,22-21-,25-24-. The summed E-state index contributed by atoms with van der Waals surface area (Å²) in [6.07, 6.45) is 59.3. The van der Waals surface area contributed by atoms with E-state index in [0.29, 0.717) is 19.3 Å². The van der Waals surface area contributed by atoms with Crippen molar-refractivity contribution in [3.05, 3.63) is 36.5 Å². The van der Waals surface area contributed by atoms with E-state index in [-0.39, 0.29) is 31.1 Å². The molecule has 0 radical (unpaired) electrons. The lowest BCUT2D eigenvalue weighted by Crippen LogP contribution is -2.30.